The molecule has 1 aliphatic rings. The van der Waals surface area contributed by atoms with Gasteiger partial charge in [-0.05, 0) is 48.5 Å². The minimum atomic E-state index is -0.902. The number of aliphatic hydroxyl groups is 1. The monoisotopic (exact) mass is 437 g/mol. The van der Waals surface area contributed by atoms with E-state index in [9.17, 15) is 14.7 Å². The fourth-order valence-corrected chi connectivity index (χ4v) is 3.87. The van der Waals surface area contributed by atoms with E-state index in [1.807, 2.05) is 30.3 Å². The van der Waals surface area contributed by atoms with Crippen LogP contribution in [0.5, 0.6) is 11.5 Å². The number of nitrogens with zero attached hydrogens (tertiary/aromatic N) is 1. The van der Waals surface area contributed by atoms with Crippen LogP contribution in [0.3, 0.4) is 0 Å². The van der Waals surface area contributed by atoms with E-state index in [0.717, 1.165) is 0 Å². The number of carbonyl (C=O) groups is 2. The summed E-state index contributed by atoms with van der Waals surface area (Å²) < 4.78 is 11.4. The first-order valence-electron chi connectivity index (χ1n) is 10.4. The fourth-order valence-electron chi connectivity index (χ4n) is 3.87. The molecule has 1 saturated heterocycles. The van der Waals surface area contributed by atoms with Gasteiger partial charge in [0.1, 0.15) is 29.1 Å². The maximum atomic E-state index is 13.1. The summed E-state index contributed by atoms with van der Waals surface area (Å²) in [5.41, 5.74) is 0.899. The molecular weight excluding hydrogens is 418 g/mol. The number of ether oxygens (including phenoxy) is 1. The molecule has 0 spiro atoms. The Morgan fingerprint density at radius 2 is 1.42 bits per heavy atom. The van der Waals surface area contributed by atoms with Gasteiger partial charge in [0.2, 0.25) is 0 Å². The van der Waals surface area contributed by atoms with Crippen LogP contribution in [0.4, 0.5) is 5.69 Å². The third kappa shape index (κ3) is 3.78. The molecule has 0 saturated carbocycles. The number of rotatable bonds is 5. The summed E-state index contributed by atoms with van der Waals surface area (Å²) >= 11 is 0. The number of para-hydroxylation sites is 1. The Kier molecular flexibility index (Phi) is 5.24. The van der Waals surface area contributed by atoms with Gasteiger partial charge in [-0.15, -0.1) is 0 Å². The highest BCUT2D eigenvalue weighted by atomic mass is 16.5. The number of benzene rings is 3. The molecule has 1 unspecified atom stereocenters. The molecule has 4 aromatic rings. The van der Waals surface area contributed by atoms with E-state index < -0.39 is 17.7 Å². The van der Waals surface area contributed by atoms with Crippen molar-refractivity contribution in [3.05, 3.63) is 120 Å². The predicted octanol–water partition coefficient (Wildman–Crippen LogP) is 5.70. The van der Waals surface area contributed by atoms with Gasteiger partial charge in [0.15, 0.2) is 0 Å². The summed E-state index contributed by atoms with van der Waals surface area (Å²) in [7, 11) is 0. The summed E-state index contributed by atoms with van der Waals surface area (Å²) in [6, 6.07) is 27.3. The molecule has 1 N–H and O–H groups in total. The number of furan rings is 1. The van der Waals surface area contributed by atoms with Crippen LogP contribution in [0.25, 0.3) is 5.76 Å². The van der Waals surface area contributed by atoms with Gasteiger partial charge in [-0.25, -0.2) is 0 Å². The molecule has 1 fully saturated rings. The molecule has 1 atom stereocenters. The van der Waals surface area contributed by atoms with Gasteiger partial charge in [0.05, 0.1) is 11.8 Å². The van der Waals surface area contributed by atoms with Crippen molar-refractivity contribution in [2.45, 2.75) is 6.04 Å². The maximum absolute atomic E-state index is 13.1. The molecule has 3 aromatic carbocycles. The van der Waals surface area contributed by atoms with E-state index >= 15 is 0 Å². The molecule has 2 heterocycles. The fraction of sp³-hybridized carbons (Fsp3) is 0.0370. The maximum Gasteiger partial charge on any atom is 0.300 e. The smallest absolute Gasteiger partial charge is 0.300 e. The van der Waals surface area contributed by atoms with Crippen LogP contribution >= 0.6 is 0 Å². The van der Waals surface area contributed by atoms with E-state index in [0.29, 0.717) is 28.5 Å². The van der Waals surface area contributed by atoms with Crippen molar-refractivity contribution in [1.29, 1.82) is 0 Å². The minimum Gasteiger partial charge on any atom is -0.507 e. The van der Waals surface area contributed by atoms with Crippen LogP contribution in [0.15, 0.2) is 113 Å². The van der Waals surface area contributed by atoms with Gasteiger partial charge in [0.25, 0.3) is 11.7 Å². The molecular formula is C27H19NO5. The van der Waals surface area contributed by atoms with Gasteiger partial charge in [0, 0.05) is 11.3 Å². The third-order valence-electron chi connectivity index (χ3n) is 5.40. The predicted molar refractivity (Wildman–Crippen MR) is 123 cm³/mol. The van der Waals surface area contributed by atoms with Crippen LogP contribution in [-0.2, 0) is 9.59 Å². The van der Waals surface area contributed by atoms with Crippen molar-refractivity contribution in [2.75, 3.05) is 4.90 Å². The molecule has 0 radical (unpaired) electrons. The van der Waals surface area contributed by atoms with Gasteiger partial charge in [-0.1, -0.05) is 48.5 Å². The van der Waals surface area contributed by atoms with Crippen molar-refractivity contribution in [1.82, 2.24) is 0 Å². The number of hydrogen-bond acceptors (Lipinski definition) is 5. The standard InChI is InChI=1S/C27H19NO5/c29-25(18-8-3-1-4-9-18)23-24(22-12-7-17-32-22)28(27(31)26(23)30)19-13-15-21(16-14-19)33-20-10-5-2-6-11-20/h1-17,24,29H/b25-23-. The molecule has 5 rings (SSSR count). The highest BCUT2D eigenvalue weighted by molar-refractivity contribution is 6.51. The summed E-state index contributed by atoms with van der Waals surface area (Å²) in [6.07, 6.45) is 1.47. The van der Waals surface area contributed by atoms with Gasteiger partial charge >= 0.3 is 0 Å². The Balaban J connectivity index is 1.55. The zero-order valence-electron chi connectivity index (χ0n) is 17.4. The Morgan fingerprint density at radius 1 is 0.788 bits per heavy atom. The molecule has 0 aliphatic carbocycles. The van der Waals surface area contributed by atoms with E-state index in [-0.39, 0.29) is 11.3 Å². The average Bonchev–Trinajstić information content (AvgIpc) is 3.47. The first-order valence-corrected chi connectivity index (χ1v) is 10.4. The highest BCUT2D eigenvalue weighted by Gasteiger charge is 2.48. The minimum absolute atomic E-state index is 0.0224. The van der Waals surface area contributed by atoms with E-state index in [2.05, 4.69) is 0 Å². The molecule has 1 amide bonds. The van der Waals surface area contributed by atoms with Crippen molar-refractivity contribution in [3.63, 3.8) is 0 Å². The highest BCUT2D eigenvalue weighted by Crippen LogP contribution is 2.42. The Bertz CT molecular complexity index is 1310. The van der Waals surface area contributed by atoms with Crippen molar-refractivity contribution in [3.8, 4) is 11.5 Å². The van der Waals surface area contributed by atoms with Crippen LogP contribution in [0.2, 0.25) is 0 Å². The zero-order valence-corrected chi connectivity index (χ0v) is 17.4. The third-order valence-corrected chi connectivity index (χ3v) is 5.40. The van der Waals surface area contributed by atoms with Crippen LogP contribution < -0.4 is 9.64 Å². The number of carbonyl (C=O) groups excluding carboxylic acids is 2. The Labute approximate surface area is 190 Å². The van der Waals surface area contributed by atoms with Crippen LogP contribution in [0, 0.1) is 0 Å². The van der Waals surface area contributed by atoms with Gasteiger partial charge in [-0.2, -0.15) is 0 Å². The first-order chi connectivity index (χ1) is 16.1. The van der Waals surface area contributed by atoms with E-state index in [1.54, 1.807) is 66.7 Å². The number of Topliss-reactive ketones (excluding diaryl/α,β-unsaturated/α-hetero) is 1. The van der Waals surface area contributed by atoms with Crippen LogP contribution in [-0.4, -0.2) is 16.8 Å². The second-order valence-electron chi connectivity index (χ2n) is 7.46. The summed E-state index contributed by atoms with van der Waals surface area (Å²) in [5, 5.41) is 11.0. The summed E-state index contributed by atoms with van der Waals surface area (Å²) in [4.78, 5) is 27.5. The number of aliphatic hydroxyl groups excluding tert-OH is 1. The number of hydrogen-bond donors (Lipinski definition) is 1. The Morgan fingerprint density at radius 3 is 2.06 bits per heavy atom. The quantitative estimate of drug-likeness (QED) is 0.246. The molecule has 1 aromatic heterocycles. The summed E-state index contributed by atoms with van der Waals surface area (Å²) in [6.45, 7) is 0. The second kappa shape index (κ2) is 8.51. The first kappa shape index (κ1) is 20.3. The lowest BCUT2D eigenvalue weighted by Crippen LogP contribution is -2.29. The average molecular weight is 437 g/mol. The van der Waals surface area contributed by atoms with Crippen LogP contribution in [0.1, 0.15) is 17.4 Å². The number of anilines is 1. The lowest BCUT2D eigenvalue weighted by atomic mass is 9.99. The van der Waals surface area contributed by atoms with Crippen molar-refractivity contribution < 1.29 is 23.8 Å². The van der Waals surface area contributed by atoms with Crippen molar-refractivity contribution >= 4 is 23.1 Å². The lowest BCUT2D eigenvalue weighted by Gasteiger charge is -2.23. The topological polar surface area (TPSA) is 80.0 Å². The number of ketones is 1. The van der Waals surface area contributed by atoms with E-state index in [1.165, 1.54) is 11.2 Å². The van der Waals surface area contributed by atoms with Gasteiger partial charge in [-0.3, -0.25) is 14.5 Å². The normalized spacial score (nSPS) is 17.3. The SMILES string of the molecule is O=C1C(=O)N(c2ccc(Oc3ccccc3)cc2)C(c2ccco2)/C1=C(/O)c1ccccc1. The summed E-state index contributed by atoms with van der Waals surface area (Å²) in [5.74, 6) is -0.129. The molecule has 6 heteroatoms. The molecule has 33 heavy (non-hydrogen) atoms. The van der Waals surface area contributed by atoms with Gasteiger partial charge < -0.3 is 14.3 Å². The number of amides is 1. The zero-order chi connectivity index (χ0) is 22.8. The Hall–Kier alpha value is -4.58. The molecule has 0 bridgehead atoms. The molecule has 1 aliphatic heterocycles. The molecule has 6 nitrogen and oxygen atoms in total. The lowest BCUT2D eigenvalue weighted by molar-refractivity contribution is -0.132. The largest absolute Gasteiger partial charge is 0.507 e. The van der Waals surface area contributed by atoms with Crippen molar-refractivity contribution in [2.24, 2.45) is 0 Å². The molecule has 162 valence electrons. The second-order valence-corrected chi connectivity index (χ2v) is 7.46. The van der Waals surface area contributed by atoms with E-state index in [4.69, 9.17) is 9.15 Å².